The van der Waals surface area contributed by atoms with Crippen molar-refractivity contribution in [3.05, 3.63) is 59.9 Å². The van der Waals surface area contributed by atoms with Crippen LogP contribution in [0.2, 0.25) is 0 Å². The van der Waals surface area contributed by atoms with Gasteiger partial charge in [-0.25, -0.2) is 4.39 Å². The second-order valence-corrected chi connectivity index (χ2v) is 5.64. The normalized spacial score (nSPS) is 12.0. The third kappa shape index (κ3) is 4.80. The predicted octanol–water partition coefficient (Wildman–Crippen LogP) is 3.68. The molecule has 5 heteroatoms. The zero-order chi connectivity index (χ0) is 17.5. The molecule has 0 aromatic heterocycles. The van der Waals surface area contributed by atoms with E-state index in [-0.39, 0.29) is 11.6 Å². The number of carbonyl (C=O) groups is 1. The summed E-state index contributed by atoms with van der Waals surface area (Å²) in [5.41, 5.74) is 1.27. The molecular formula is C19H23FN2O2. The Morgan fingerprint density at radius 1 is 1.21 bits per heavy atom. The SMILES string of the molecule is CCOc1ccc(CN(C)C(C)C(=O)Nc2ccccc2F)cc1. The van der Waals surface area contributed by atoms with Crippen molar-refractivity contribution in [3.63, 3.8) is 0 Å². The lowest BCUT2D eigenvalue weighted by Crippen LogP contribution is -2.39. The van der Waals surface area contributed by atoms with E-state index in [9.17, 15) is 9.18 Å². The van der Waals surface area contributed by atoms with E-state index in [4.69, 9.17) is 4.74 Å². The van der Waals surface area contributed by atoms with Gasteiger partial charge in [-0.1, -0.05) is 24.3 Å². The maximum Gasteiger partial charge on any atom is 0.241 e. The second kappa shape index (κ2) is 8.45. The summed E-state index contributed by atoms with van der Waals surface area (Å²) in [6.07, 6.45) is 0. The average Bonchev–Trinajstić information content (AvgIpc) is 2.58. The van der Waals surface area contributed by atoms with E-state index >= 15 is 0 Å². The molecule has 2 aromatic rings. The van der Waals surface area contributed by atoms with E-state index in [0.29, 0.717) is 13.2 Å². The summed E-state index contributed by atoms with van der Waals surface area (Å²) in [6.45, 7) is 4.98. The number of likely N-dealkylation sites (N-methyl/N-ethyl adjacent to an activating group) is 1. The van der Waals surface area contributed by atoms with E-state index in [0.717, 1.165) is 11.3 Å². The highest BCUT2D eigenvalue weighted by molar-refractivity contribution is 5.94. The van der Waals surface area contributed by atoms with Crippen LogP contribution < -0.4 is 10.1 Å². The van der Waals surface area contributed by atoms with Crippen LogP contribution in [0, 0.1) is 5.82 Å². The maximum absolute atomic E-state index is 13.6. The van der Waals surface area contributed by atoms with Crippen molar-refractivity contribution < 1.29 is 13.9 Å². The van der Waals surface area contributed by atoms with Crippen molar-refractivity contribution in [2.75, 3.05) is 19.0 Å². The highest BCUT2D eigenvalue weighted by Crippen LogP contribution is 2.16. The van der Waals surface area contributed by atoms with Gasteiger partial charge in [0.15, 0.2) is 0 Å². The number of para-hydroxylation sites is 1. The molecule has 1 atom stereocenters. The molecule has 0 radical (unpaired) electrons. The van der Waals surface area contributed by atoms with Crippen LogP contribution in [0.1, 0.15) is 19.4 Å². The summed E-state index contributed by atoms with van der Waals surface area (Å²) >= 11 is 0. The molecule has 0 aliphatic heterocycles. The smallest absolute Gasteiger partial charge is 0.241 e. The Morgan fingerprint density at radius 3 is 2.50 bits per heavy atom. The molecule has 0 saturated heterocycles. The molecule has 4 nitrogen and oxygen atoms in total. The average molecular weight is 330 g/mol. The lowest BCUT2D eigenvalue weighted by molar-refractivity contribution is -0.120. The molecule has 128 valence electrons. The molecule has 2 aromatic carbocycles. The number of hydrogen-bond donors (Lipinski definition) is 1. The Bertz CT molecular complexity index is 673. The largest absolute Gasteiger partial charge is 0.494 e. The van der Waals surface area contributed by atoms with Gasteiger partial charge in [0.05, 0.1) is 18.3 Å². The van der Waals surface area contributed by atoms with Gasteiger partial charge in [-0.2, -0.15) is 0 Å². The molecule has 0 saturated carbocycles. The van der Waals surface area contributed by atoms with Crippen molar-refractivity contribution in [1.29, 1.82) is 0 Å². The van der Waals surface area contributed by atoms with E-state index in [1.807, 2.05) is 43.1 Å². The van der Waals surface area contributed by atoms with Crippen LogP contribution in [0.4, 0.5) is 10.1 Å². The van der Waals surface area contributed by atoms with Gasteiger partial charge in [0.2, 0.25) is 5.91 Å². The van der Waals surface area contributed by atoms with Gasteiger partial charge in [-0.05, 0) is 50.7 Å². The predicted molar refractivity (Wildman–Crippen MR) is 93.6 cm³/mol. The Labute approximate surface area is 142 Å². The van der Waals surface area contributed by atoms with Crippen molar-refractivity contribution in [2.45, 2.75) is 26.4 Å². The Morgan fingerprint density at radius 2 is 1.88 bits per heavy atom. The summed E-state index contributed by atoms with van der Waals surface area (Å²) in [4.78, 5) is 14.2. The highest BCUT2D eigenvalue weighted by atomic mass is 19.1. The van der Waals surface area contributed by atoms with Gasteiger partial charge in [0.25, 0.3) is 0 Å². The minimum Gasteiger partial charge on any atom is -0.494 e. The number of halogens is 1. The molecule has 24 heavy (non-hydrogen) atoms. The first kappa shape index (κ1) is 17.9. The van der Waals surface area contributed by atoms with Crippen molar-refractivity contribution in [3.8, 4) is 5.75 Å². The summed E-state index contributed by atoms with van der Waals surface area (Å²) < 4.78 is 19.0. The molecule has 0 heterocycles. The third-order valence-electron chi connectivity index (χ3n) is 3.84. The Kier molecular flexibility index (Phi) is 6.32. The van der Waals surface area contributed by atoms with Crippen LogP contribution in [0.15, 0.2) is 48.5 Å². The minimum absolute atomic E-state index is 0.198. The quantitative estimate of drug-likeness (QED) is 0.842. The van der Waals surface area contributed by atoms with Crippen LogP contribution in [-0.4, -0.2) is 30.5 Å². The molecule has 1 amide bonds. The molecule has 0 bridgehead atoms. The van der Waals surface area contributed by atoms with Gasteiger partial charge in [-0.15, -0.1) is 0 Å². The molecule has 0 aliphatic rings. The topological polar surface area (TPSA) is 41.6 Å². The van der Waals surface area contributed by atoms with Gasteiger partial charge in [0.1, 0.15) is 11.6 Å². The lowest BCUT2D eigenvalue weighted by Gasteiger charge is -2.24. The van der Waals surface area contributed by atoms with E-state index in [2.05, 4.69) is 5.32 Å². The van der Waals surface area contributed by atoms with Gasteiger partial charge in [-0.3, -0.25) is 9.69 Å². The van der Waals surface area contributed by atoms with Crippen molar-refractivity contribution >= 4 is 11.6 Å². The summed E-state index contributed by atoms with van der Waals surface area (Å²) in [7, 11) is 1.86. The Hall–Kier alpha value is -2.40. The van der Waals surface area contributed by atoms with Crippen LogP contribution in [0.3, 0.4) is 0 Å². The molecule has 1 unspecified atom stereocenters. The lowest BCUT2D eigenvalue weighted by atomic mass is 10.1. The number of rotatable bonds is 7. The zero-order valence-electron chi connectivity index (χ0n) is 14.3. The monoisotopic (exact) mass is 330 g/mol. The third-order valence-corrected chi connectivity index (χ3v) is 3.84. The number of anilines is 1. The first-order valence-electron chi connectivity index (χ1n) is 7.98. The number of nitrogens with zero attached hydrogens (tertiary/aromatic N) is 1. The summed E-state index contributed by atoms with van der Waals surface area (Å²) in [5, 5.41) is 2.63. The molecule has 0 aliphatic carbocycles. The molecule has 2 rings (SSSR count). The highest BCUT2D eigenvalue weighted by Gasteiger charge is 2.19. The van der Waals surface area contributed by atoms with Crippen molar-refractivity contribution in [2.24, 2.45) is 0 Å². The van der Waals surface area contributed by atoms with Gasteiger partial charge < -0.3 is 10.1 Å². The first-order valence-corrected chi connectivity index (χ1v) is 7.98. The number of hydrogen-bond acceptors (Lipinski definition) is 3. The molecule has 0 spiro atoms. The first-order chi connectivity index (χ1) is 11.5. The number of ether oxygens (including phenoxy) is 1. The van der Waals surface area contributed by atoms with Crippen LogP contribution in [-0.2, 0) is 11.3 Å². The fourth-order valence-electron chi connectivity index (χ4n) is 2.28. The van der Waals surface area contributed by atoms with Crippen LogP contribution in [0.5, 0.6) is 5.75 Å². The number of amides is 1. The van der Waals surface area contributed by atoms with Crippen LogP contribution >= 0.6 is 0 Å². The fraction of sp³-hybridized carbons (Fsp3) is 0.316. The minimum atomic E-state index is -0.438. The summed E-state index contributed by atoms with van der Waals surface area (Å²) in [6, 6.07) is 13.5. The Balaban J connectivity index is 1.94. The molecule has 1 N–H and O–H groups in total. The maximum atomic E-state index is 13.6. The molecular weight excluding hydrogens is 307 g/mol. The van der Waals surface area contributed by atoms with Gasteiger partial charge >= 0.3 is 0 Å². The standard InChI is InChI=1S/C19H23FN2O2/c1-4-24-16-11-9-15(10-12-16)13-22(3)14(2)19(23)21-18-8-6-5-7-17(18)20/h5-12,14H,4,13H2,1-3H3,(H,21,23). The zero-order valence-corrected chi connectivity index (χ0v) is 14.3. The van der Waals surface area contributed by atoms with E-state index < -0.39 is 11.9 Å². The van der Waals surface area contributed by atoms with E-state index in [1.54, 1.807) is 25.1 Å². The van der Waals surface area contributed by atoms with Crippen LogP contribution in [0.25, 0.3) is 0 Å². The number of nitrogens with one attached hydrogen (secondary N) is 1. The summed E-state index contributed by atoms with van der Waals surface area (Å²) in [5.74, 6) is 0.148. The van der Waals surface area contributed by atoms with Gasteiger partial charge in [0, 0.05) is 6.54 Å². The van der Waals surface area contributed by atoms with Crippen molar-refractivity contribution in [1.82, 2.24) is 4.90 Å². The number of benzene rings is 2. The second-order valence-electron chi connectivity index (χ2n) is 5.64. The van der Waals surface area contributed by atoms with E-state index in [1.165, 1.54) is 6.07 Å². The number of carbonyl (C=O) groups excluding carboxylic acids is 1. The molecule has 0 fully saturated rings. The fourth-order valence-corrected chi connectivity index (χ4v) is 2.28.